The van der Waals surface area contributed by atoms with Crippen LogP contribution in [0.3, 0.4) is 0 Å². The van der Waals surface area contributed by atoms with Gasteiger partial charge < -0.3 is 14.6 Å². The van der Waals surface area contributed by atoms with Gasteiger partial charge in [0, 0.05) is 36.7 Å². The summed E-state index contributed by atoms with van der Waals surface area (Å²) in [4.78, 5) is 38.6. The summed E-state index contributed by atoms with van der Waals surface area (Å²) in [5.74, 6) is -0.711. The van der Waals surface area contributed by atoms with E-state index < -0.39 is 5.82 Å². The lowest BCUT2D eigenvalue weighted by Gasteiger charge is -2.15. The Morgan fingerprint density at radius 3 is 2.55 bits per heavy atom. The van der Waals surface area contributed by atoms with Crippen molar-refractivity contribution in [2.45, 2.75) is 46.2 Å². The van der Waals surface area contributed by atoms with Gasteiger partial charge in [0.15, 0.2) is 0 Å². The van der Waals surface area contributed by atoms with E-state index in [0.29, 0.717) is 75.2 Å². The molecule has 224 valence electrons. The minimum absolute atomic E-state index is 0.103. The molecule has 4 aromatic heterocycles. The molecule has 0 spiro atoms. The third-order valence-electron chi connectivity index (χ3n) is 7.28. The molecule has 1 aromatic carbocycles. The lowest BCUT2D eigenvalue weighted by molar-refractivity contribution is 0.0778. The molecule has 6 rings (SSSR count). The molecular weight excluding hydrogens is 586 g/mol. The number of amides is 2. The number of thiophene rings is 1. The number of pyridine rings is 2. The second-order valence-electron chi connectivity index (χ2n) is 10.5. The van der Waals surface area contributed by atoms with Gasteiger partial charge in [-0.2, -0.15) is 0 Å². The molecule has 0 unspecified atom stereocenters. The van der Waals surface area contributed by atoms with Crippen molar-refractivity contribution < 1.29 is 22.8 Å². The van der Waals surface area contributed by atoms with Crippen molar-refractivity contribution >= 4 is 23.2 Å². The number of hydrogen-bond donors (Lipinski definition) is 1. The molecule has 44 heavy (non-hydrogen) atoms. The van der Waals surface area contributed by atoms with Crippen LogP contribution in [0.5, 0.6) is 0 Å². The first kappa shape index (κ1) is 29.2. The lowest BCUT2D eigenvalue weighted by Crippen LogP contribution is -2.24. The van der Waals surface area contributed by atoms with Gasteiger partial charge in [-0.3, -0.25) is 19.6 Å². The topological polar surface area (TPSA) is 114 Å². The molecule has 0 fully saturated rings. The first-order chi connectivity index (χ1) is 21.3. The van der Waals surface area contributed by atoms with E-state index in [9.17, 15) is 18.4 Å². The third-order valence-corrected chi connectivity index (χ3v) is 8.38. The number of aryl methyl sites for hydroxylation is 3. The predicted molar refractivity (Wildman–Crippen MR) is 160 cm³/mol. The zero-order chi connectivity index (χ0) is 30.8. The SMILES string of the molecule is CCCN1Cc2nc(CCc3ccc(F)cc3)c(-c3nnc(C)o3)c(-c3ccc(C(=O)NCc4cncc(F)c4)s3)c2C1=O. The van der Waals surface area contributed by atoms with E-state index in [-0.39, 0.29) is 30.1 Å². The van der Waals surface area contributed by atoms with Gasteiger partial charge in [0.25, 0.3) is 11.8 Å². The summed E-state index contributed by atoms with van der Waals surface area (Å²) in [6.45, 7) is 4.73. The Bertz CT molecular complexity index is 1850. The number of nitrogens with one attached hydrogen (secondary N) is 1. The Hall–Kier alpha value is -4.84. The number of aromatic nitrogens is 4. The highest BCUT2D eigenvalue weighted by molar-refractivity contribution is 7.17. The monoisotopic (exact) mass is 614 g/mol. The van der Waals surface area contributed by atoms with Crippen LogP contribution in [0.2, 0.25) is 0 Å². The van der Waals surface area contributed by atoms with Gasteiger partial charge in [-0.1, -0.05) is 19.1 Å². The summed E-state index contributed by atoms with van der Waals surface area (Å²) in [7, 11) is 0. The van der Waals surface area contributed by atoms with E-state index in [1.165, 1.54) is 35.7 Å². The maximum atomic E-state index is 13.8. The fourth-order valence-electron chi connectivity index (χ4n) is 5.28. The van der Waals surface area contributed by atoms with E-state index in [2.05, 4.69) is 20.5 Å². The van der Waals surface area contributed by atoms with Crippen molar-refractivity contribution in [1.29, 1.82) is 0 Å². The van der Waals surface area contributed by atoms with E-state index >= 15 is 0 Å². The fraction of sp³-hybridized carbons (Fsp3) is 0.250. The molecule has 0 saturated carbocycles. The fourth-order valence-corrected chi connectivity index (χ4v) is 6.26. The number of halogens is 2. The Labute approximate surface area is 256 Å². The molecule has 0 aliphatic carbocycles. The molecule has 5 aromatic rings. The van der Waals surface area contributed by atoms with Crippen molar-refractivity contribution in [3.63, 3.8) is 0 Å². The zero-order valence-corrected chi connectivity index (χ0v) is 24.9. The van der Waals surface area contributed by atoms with Gasteiger partial charge in [0.05, 0.1) is 40.1 Å². The van der Waals surface area contributed by atoms with Gasteiger partial charge in [0.2, 0.25) is 11.8 Å². The maximum Gasteiger partial charge on any atom is 0.261 e. The van der Waals surface area contributed by atoms with Gasteiger partial charge >= 0.3 is 0 Å². The molecular formula is C32H28F2N6O3S. The van der Waals surface area contributed by atoms with E-state index in [1.54, 1.807) is 36.1 Å². The van der Waals surface area contributed by atoms with Gasteiger partial charge in [-0.15, -0.1) is 21.5 Å². The van der Waals surface area contributed by atoms with Crippen LogP contribution in [-0.2, 0) is 25.9 Å². The first-order valence-corrected chi connectivity index (χ1v) is 15.0. The second kappa shape index (κ2) is 12.4. The number of carbonyl (C=O) groups is 2. The summed E-state index contributed by atoms with van der Waals surface area (Å²) in [5.41, 5.74) is 4.35. The number of benzene rings is 1. The summed E-state index contributed by atoms with van der Waals surface area (Å²) >= 11 is 1.22. The molecule has 2 amide bonds. The standard InChI is InChI=1S/C32H28F2N6O3S/c1-3-12-40-17-24-28(32(40)42)29(25-10-11-26(44-25)30(41)36-15-20-13-22(34)16-35-14-20)27(31-39-38-18(2)43-31)23(37-24)9-6-19-4-7-21(33)8-5-19/h4-5,7-8,10-11,13-14,16H,3,6,9,12,15,17H2,1-2H3,(H,36,41). The van der Waals surface area contributed by atoms with E-state index in [1.807, 2.05) is 6.92 Å². The number of hydrogen-bond acceptors (Lipinski definition) is 8. The highest BCUT2D eigenvalue weighted by Gasteiger charge is 2.36. The van der Waals surface area contributed by atoms with Crippen molar-refractivity contribution in [3.8, 4) is 21.9 Å². The summed E-state index contributed by atoms with van der Waals surface area (Å²) in [6.07, 6.45) is 4.40. The van der Waals surface area contributed by atoms with Gasteiger partial charge in [-0.05, 0) is 60.7 Å². The predicted octanol–water partition coefficient (Wildman–Crippen LogP) is 5.92. The molecule has 12 heteroatoms. The van der Waals surface area contributed by atoms with Crippen LogP contribution in [0.15, 0.2) is 59.3 Å². The van der Waals surface area contributed by atoms with Crippen molar-refractivity contribution in [3.05, 3.63) is 105 Å². The molecule has 0 bridgehead atoms. The van der Waals surface area contributed by atoms with Crippen molar-refractivity contribution in [2.24, 2.45) is 0 Å². The van der Waals surface area contributed by atoms with Crippen LogP contribution >= 0.6 is 11.3 Å². The lowest BCUT2D eigenvalue weighted by atomic mass is 9.94. The van der Waals surface area contributed by atoms with Crippen LogP contribution < -0.4 is 5.32 Å². The Morgan fingerprint density at radius 1 is 1.00 bits per heavy atom. The molecule has 1 aliphatic rings. The normalized spacial score (nSPS) is 12.5. The van der Waals surface area contributed by atoms with E-state index in [4.69, 9.17) is 9.40 Å². The van der Waals surface area contributed by atoms with Crippen molar-refractivity contribution in [1.82, 2.24) is 30.4 Å². The number of fused-ring (bicyclic) bond motifs is 1. The summed E-state index contributed by atoms with van der Waals surface area (Å²) in [5, 5.41) is 11.2. The molecule has 0 atom stereocenters. The molecule has 0 radical (unpaired) electrons. The average molecular weight is 615 g/mol. The third kappa shape index (κ3) is 5.98. The number of nitrogens with zero attached hydrogens (tertiary/aromatic N) is 5. The highest BCUT2D eigenvalue weighted by atomic mass is 32.1. The molecule has 9 nitrogen and oxygen atoms in total. The number of rotatable bonds is 10. The van der Waals surface area contributed by atoms with Crippen LogP contribution in [0.25, 0.3) is 21.9 Å². The smallest absolute Gasteiger partial charge is 0.261 e. The molecule has 1 N–H and O–H groups in total. The van der Waals surface area contributed by atoms with Crippen LogP contribution in [0, 0.1) is 18.6 Å². The largest absolute Gasteiger partial charge is 0.421 e. The molecule has 0 saturated heterocycles. The van der Waals surface area contributed by atoms with Crippen LogP contribution in [-0.4, -0.2) is 43.4 Å². The van der Waals surface area contributed by atoms with Crippen LogP contribution in [0.1, 0.15) is 61.8 Å². The number of carbonyl (C=O) groups excluding carboxylic acids is 2. The minimum Gasteiger partial charge on any atom is -0.421 e. The Kier molecular flexibility index (Phi) is 8.25. The maximum absolute atomic E-state index is 13.8. The summed E-state index contributed by atoms with van der Waals surface area (Å²) < 4.78 is 33.0. The highest BCUT2D eigenvalue weighted by Crippen LogP contribution is 2.43. The Morgan fingerprint density at radius 2 is 1.82 bits per heavy atom. The van der Waals surface area contributed by atoms with Crippen molar-refractivity contribution in [2.75, 3.05) is 6.54 Å². The van der Waals surface area contributed by atoms with Crippen LogP contribution in [0.4, 0.5) is 8.78 Å². The first-order valence-electron chi connectivity index (χ1n) is 14.2. The average Bonchev–Trinajstić information content (AvgIpc) is 3.75. The molecule has 1 aliphatic heterocycles. The molecule has 5 heterocycles. The second-order valence-corrected chi connectivity index (χ2v) is 11.6. The van der Waals surface area contributed by atoms with Gasteiger partial charge in [0.1, 0.15) is 11.6 Å². The quantitative estimate of drug-likeness (QED) is 0.208. The zero-order valence-electron chi connectivity index (χ0n) is 24.1. The Balaban J connectivity index is 1.43. The summed E-state index contributed by atoms with van der Waals surface area (Å²) in [6, 6.07) is 11.1. The van der Waals surface area contributed by atoms with E-state index in [0.717, 1.165) is 18.2 Å². The van der Waals surface area contributed by atoms with Gasteiger partial charge in [-0.25, -0.2) is 8.78 Å². The minimum atomic E-state index is -0.484.